The van der Waals surface area contributed by atoms with E-state index in [9.17, 15) is 4.79 Å². The predicted molar refractivity (Wildman–Crippen MR) is 111 cm³/mol. The van der Waals surface area contributed by atoms with Crippen LogP contribution in [0, 0.1) is 4.77 Å². The number of aromatic nitrogens is 3. The first kappa shape index (κ1) is 21.7. The molecule has 0 aliphatic rings. The van der Waals surface area contributed by atoms with Crippen LogP contribution in [-0.4, -0.2) is 40.0 Å². The van der Waals surface area contributed by atoms with Gasteiger partial charge < -0.3 is 20.2 Å². The highest BCUT2D eigenvalue weighted by Crippen LogP contribution is 2.28. The number of rotatable bonds is 9. The van der Waals surface area contributed by atoms with E-state index in [4.69, 9.17) is 21.7 Å². The van der Waals surface area contributed by atoms with E-state index in [2.05, 4.69) is 27.9 Å². The van der Waals surface area contributed by atoms with Gasteiger partial charge in [-0.05, 0) is 57.1 Å². The minimum Gasteiger partial charge on any atom is -0.493 e. The predicted octanol–water partition coefficient (Wildman–Crippen LogP) is 2.94. The van der Waals surface area contributed by atoms with Crippen molar-refractivity contribution in [2.24, 2.45) is 0 Å². The summed E-state index contributed by atoms with van der Waals surface area (Å²) in [6, 6.07) is 5.57. The highest BCUT2D eigenvalue weighted by atomic mass is 32.1. The Kier molecular flexibility index (Phi) is 7.45. The van der Waals surface area contributed by atoms with Gasteiger partial charge in [0.25, 0.3) is 5.91 Å². The molecule has 0 fully saturated rings. The molecule has 0 bridgehead atoms. The summed E-state index contributed by atoms with van der Waals surface area (Å²) in [5.74, 6) is 1.76. The Labute approximate surface area is 170 Å². The van der Waals surface area contributed by atoms with Crippen LogP contribution in [0.4, 0.5) is 0 Å². The molecular weight excluding hydrogens is 378 g/mol. The largest absolute Gasteiger partial charge is 0.493 e. The molecule has 1 aromatic heterocycles. The second-order valence-electron chi connectivity index (χ2n) is 7.44. The Balaban J connectivity index is 2.02. The second-order valence-corrected chi connectivity index (χ2v) is 7.82. The molecule has 3 N–H and O–H groups in total. The quantitative estimate of drug-likeness (QED) is 0.554. The van der Waals surface area contributed by atoms with E-state index in [-0.39, 0.29) is 18.1 Å². The summed E-state index contributed by atoms with van der Waals surface area (Å²) >= 11 is 5.27. The van der Waals surface area contributed by atoms with Crippen molar-refractivity contribution in [2.45, 2.75) is 52.6 Å². The van der Waals surface area contributed by atoms with Crippen LogP contribution in [0.25, 0.3) is 0 Å². The average molecular weight is 408 g/mol. The van der Waals surface area contributed by atoms with Crippen molar-refractivity contribution in [1.29, 1.82) is 0 Å². The maximum absolute atomic E-state index is 11.9. The second kappa shape index (κ2) is 9.59. The van der Waals surface area contributed by atoms with Crippen molar-refractivity contribution in [1.82, 2.24) is 20.2 Å². The molecule has 0 saturated carbocycles. The first-order chi connectivity index (χ1) is 13.2. The van der Waals surface area contributed by atoms with E-state index in [0.29, 0.717) is 22.8 Å². The molecule has 0 aliphatic heterocycles. The Hall–Kier alpha value is -2.55. The van der Waals surface area contributed by atoms with Crippen molar-refractivity contribution in [3.8, 4) is 11.5 Å². The van der Waals surface area contributed by atoms with E-state index in [1.807, 2.05) is 32.9 Å². The zero-order valence-electron chi connectivity index (χ0n) is 17.1. The van der Waals surface area contributed by atoms with Gasteiger partial charge in [0.1, 0.15) is 0 Å². The molecule has 2 rings (SSSR count). The Morgan fingerprint density at radius 3 is 2.71 bits per heavy atom. The van der Waals surface area contributed by atoms with Crippen molar-refractivity contribution in [2.75, 3.05) is 19.1 Å². The monoisotopic (exact) mass is 407 g/mol. The highest BCUT2D eigenvalue weighted by Gasteiger charge is 2.15. The summed E-state index contributed by atoms with van der Waals surface area (Å²) in [6.07, 6.45) is 1.80. The molecule has 0 atom stereocenters. The van der Waals surface area contributed by atoms with Crippen LogP contribution in [0.15, 0.2) is 18.2 Å². The number of nitrogens with zero attached hydrogens (tertiary/aromatic N) is 2. The number of hydrogen-bond acceptors (Lipinski definition) is 6. The lowest BCUT2D eigenvalue weighted by Gasteiger charge is -2.20. The van der Waals surface area contributed by atoms with Gasteiger partial charge in [-0.3, -0.25) is 9.89 Å². The molecule has 1 aromatic carbocycles. The average Bonchev–Trinajstić information content (AvgIpc) is 2.97. The molecule has 2 aromatic rings. The molecule has 0 aliphatic carbocycles. The lowest BCUT2D eigenvalue weighted by molar-refractivity contribution is -0.124. The number of aryl methyl sites for hydroxylation is 1. The van der Waals surface area contributed by atoms with Gasteiger partial charge in [-0.1, -0.05) is 13.0 Å². The van der Waals surface area contributed by atoms with Crippen LogP contribution in [0.5, 0.6) is 11.5 Å². The van der Waals surface area contributed by atoms with Gasteiger partial charge >= 0.3 is 0 Å². The first-order valence-electron chi connectivity index (χ1n) is 9.24. The van der Waals surface area contributed by atoms with Crippen molar-refractivity contribution in [3.05, 3.63) is 34.4 Å². The third-order valence-corrected chi connectivity index (χ3v) is 4.03. The number of methoxy groups -OCH3 is 1. The zero-order valence-corrected chi connectivity index (χ0v) is 17.9. The third kappa shape index (κ3) is 6.26. The molecule has 1 amide bonds. The maximum Gasteiger partial charge on any atom is 0.258 e. The Morgan fingerprint density at radius 1 is 1.32 bits per heavy atom. The van der Waals surface area contributed by atoms with Gasteiger partial charge in [0.2, 0.25) is 4.77 Å². The third-order valence-electron chi connectivity index (χ3n) is 3.76. The number of carbonyl (C=O) groups excluding carboxylic acids is 1. The molecular formula is C19H29N5O3S. The fraction of sp³-hybridized carbons (Fsp3) is 0.526. The summed E-state index contributed by atoms with van der Waals surface area (Å²) in [6.45, 7) is 8.32. The summed E-state index contributed by atoms with van der Waals surface area (Å²) in [4.78, 5) is 11.9. The van der Waals surface area contributed by atoms with Crippen molar-refractivity contribution >= 4 is 18.1 Å². The Morgan fingerprint density at radius 2 is 2.07 bits per heavy atom. The number of nitrogens with one attached hydrogen (secondary N) is 3. The van der Waals surface area contributed by atoms with E-state index >= 15 is 0 Å². The van der Waals surface area contributed by atoms with E-state index < -0.39 is 0 Å². The lowest BCUT2D eigenvalue weighted by Crippen LogP contribution is -2.43. The van der Waals surface area contributed by atoms with Crippen molar-refractivity contribution < 1.29 is 14.3 Å². The number of ether oxygens (including phenoxy) is 2. The van der Waals surface area contributed by atoms with Crippen LogP contribution in [0.2, 0.25) is 0 Å². The van der Waals surface area contributed by atoms with Crippen LogP contribution < -0.4 is 20.2 Å². The minimum atomic E-state index is -0.301. The standard InChI is InChI=1S/C19H29N5O3S/c1-6-7-16-22-23-18(28)24(16)20-11-13-8-9-14(15(10-13)26-5)27-12-17(25)21-19(2,3)4/h8-10,20H,6-7,11-12H2,1-5H3,(H,21,25)(H,23,28). The molecule has 9 heteroatoms. The molecule has 0 spiro atoms. The summed E-state index contributed by atoms with van der Waals surface area (Å²) < 4.78 is 13.3. The van der Waals surface area contributed by atoms with Gasteiger partial charge in [0.15, 0.2) is 23.9 Å². The topological polar surface area (TPSA) is 93.2 Å². The molecule has 8 nitrogen and oxygen atoms in total. The smallest absolute Gasteiger partial charge is 0.258 e. The normalized spacial score (nSPS) is 11.2. The number of hydrogen-bond donors (Lipinski definition) is 3. The van der Waals surface area contributed by atoms with E-state index in [0.717, 1.165) is 24.2 Å². The van der Waals surface area contributed by atoms with Gasteiger partial charge in [0, 0.05) is 12.0 Å². The van der Waals surface area contributed by atoms with Crippen LogP contribution in [0.1, 0.15) is 45.5 Å². The van der Waals surface area contributed by atoms with Crippen LogP contribution >= 0.6 is 12.2 Å². The highest BCUT2D eigenvalue weighted by molar-refractivity contribution is 7.71. The van der Waals surface area contributed by atoms with Crippen molar-refractivity contribution in [3.63, 3.8) is 0 Å². The van der Waals surface area contributed by atoms with Gasteiger partial charge in [0.05, 0.1) is 13.7 Å². The number of aromatic amines is 1. The molecule has 154 valence electrons. The SMILES string of the molecule is CCCc1n[nH]c(=S)n1NCc1ccc(OCC(=O)NC(C)(C)C)c(OC)c1. The fourth-order valence-electron chi connectivity index (χ4n) is 2.59. The number of amides is 1. The molecule has 0 unspecified atom stereocenters. The number of carbonyl (C=O) groups is 1. The van der Waals surface area contributed by atoms with E-state index in [1.165, 1.54) is 0 Å². The fourth-order valence-corrected chi connectivity index (χ4v) is 2.81. The number of benzene rings is 1. The van der Waals surface area contributed by atoms with Gasteiger partial charge in [-0.15, -0.1) is 0 Å². The molecule has 28 heavy (non-hydrogen) atoms. The van der Waals surface area contributed by atoms with Gasteiger partial charge in [-0.2, -0.15) is 5.10 Å². The number of H-pyrrole nitrogens is 1. The summed E-state index contributed by atoms with van der Waals surface area (Å²) in [5.41, 5.74) is 3.95. The summed E-state index contributed by atoms with van der Waals surface area (Å²) in [5, 5.41) is 9.90. The maximum atomic E-state index is 11.9. The summed E-state index contributed by atoms with van der Waals surface area (Å²) in [7, 11) is 1.57. The molecule has 1 heterocycles. The van der Waals surface area contributed by atoms with Crippen LogP contribution in [0.3, 0.4) is 0 Å². The molecule has 0 saturated heterocycles. The molecule has 0 radical (unpaired) electrons. The van der Waals surface area contributed by atoms with Crippen LogP contribution in [-0.2, 0) is 17.8 Å². The Bertz CT molecular complexity index is 854. The zero-order chi connectivity index (χ0) is 20.7. The van der Waals surface area contributed by atoms with E-state index in [1.54, 1.807) is 17.9 Å². The lowest BCUT2D eigenvalue weighted by atomic mass is 10.1. The first-order valence-corrected chi connectivity index (χ1v) is 9.65. The minimum absolute atomic E-state index is 0.0736. The van der Waals surface area contributed by atoms with Gasteiger partial charge in [-0.25, -0.2) is 4.68 Å².